The minimum absolute atomic E-state index is 0.00861. The molecular formula is C16H16O3. The number of benzene rings is 2. The maximum atomic E-state index is 12.2. The molecule has 0 heterocycles. The van der Waals surface area contributed by atoms with Gasteiger partial charge in [-0.05, 0) is 55.5 Å². The number of hydrogen-bond donors (Lipinski definition) is 0. The molecule has 3 heteroatoms. The number of methoxy groups -OCH3 is 1. The summed E-state index contributed by atoms with van der Waals surface area (Å²) < 4.78 is 10.4. The lowest BCUT2D eigenvalue weighted by molar-refractivity contribution is 0.103. The summed E-state index contributed by atoms with van der Waals surface area (Å²) in [4.78, 5) is 12.2. The van der Waals surface area contributed by atoms with E-state index < -0.39 is 0 Å². The van der Waals surface area contributed by atoms with Crippen LogP contribution in [-0.4, -0.2) is 19.5 Å². The van der Waals surface area contributed by atoms with Crippen molar-refractivity contribution in [2.45, 2.75) is 6.92 Å². The molecule has 0 spiro atoms. The van der Waals surface area contributed by atoms with Gasteiger partial charge in [0.2, 0.25) is 0 Å². The van der Waals surface area contributed by atoms with Crippen molar-refractivity contribution in [1.29, 1.82) is 0 Å². The lowest BCUT2D eigenvalue weighted by Crippen LogP contribution is -2.01. The standard InChI is InChI=1S/C16H16O3/c1-3-19-15-10-6-13(7-11-15)16(17)12-4-8-14(18-2)9-5-12/h4-11H,3H2,1-2H3. The summed E-state index contributed by atoms with van der Waals surface area (Å²) in [5.41, 5.74) is 1.29. The second-order valence-electron chi connectivity index (χ2n) is 4.02. The Bertz CT molecular complexity index is 541. The van der Waals surface area contributed by atoms with Gasteiger partial charge in [-0.1, -0.05) is 0 Å². The largest absolute Gasteiger partial charge is 0.497 e. The molecule has 0 N–H and O–H groups in total. The third kappa shape index (κ3) is 3.13. The first-order valence-electron chi connectivity index (χ1n) is 6.16. The van der Waals surface area contributed by atoms with Gasteiger partial charge < -0.3 is 9.47 Å². The van der Waals surface area contributed by atoms with Gasteiger partial charge in [0.05, 0.1) is 13.7 Å². The highest BCUT2D eigenvalue weighted by Gasteiger charge is 2.09. The third-order valence-electron chi connectivity index (χ3n) is 2.78. The highest BCUT2D eigenvalue weighted by atomic mass is 16.5. The number of carbonyl (C=O) groups excluding carboxylic acids is 1. The fraction of sp³-hybridized carbons (Fsp3) is 0.188. The summed E-state index contributed by atoms with van der Waals surface area (Å²) in [5.74, 6) is 1.50. The smallest absolute Gasteiger partial charge is 0.193 e. The molecule has 0 aromatic heterocycles. The van der Waals surface area contributed by atoms with E-state index in [1.165, 1.54) is 0 Å². The van der Waals surface area contributed by atoms with Gasteiger partial charge in [-0.25, -0.2) is 0 Å². The van der Waals surface area contributed by atoms with Crippen LogP contribution in [0.3, 0.4) is 0 Å². The number of carbonyl (C=O) groups is 1. The molecule has 19 heavy (non-hydrogen) atoms. The predicted molar refractivity (Wildman–Crippen MR) is 74.0 cm³/mol. The molecule has 98 valence electrons. The summed E-state index contributed by atoms with van der Waals surface area (Å²) in [6.07, 6.45) is 0. The quantitative estimate of drug-likeness (QED) is 0.770. The summed E-state index contributed by atoms with van der Waals surface area (Å²) in [5, 5.41) is 0. The molecule has 0 atom stereocenters. The molecule has 0 saturated heterocycles. The van der Waals surface area contributed by atoms with E-state index in [1.54, 1.807) is 55.6 Å². The molecule has 0 fully saturated rings. The van der Waals surface area contributed by atoms with Crippen LogP contribution in [0.1, 0.15) is 22.8 Å². The first-order chi connectivity index (χ1) is 9.24. The van der Waals surface area contributed by atoms with Crippen LogP contribution in [0.4, 0.5) is 0 Å². The molecule has 0 amide bonds. The van der Waals surface area contributed by atoms with Crippen LogP contribution in [0, 0.1) is 0 Å². The zero-order valence-electron chi connectivity index (χ0n) is 11.1. The number of hydrogen-bond acceptors (Lipinski definition) is 3. The average molecular weight is 256 g/mol. The molecule has 2 aromatic carbocycles. The van der Waals surface area contributed by atoms with Gasteiger partial charge >= 0.3 is 0 Å². The zero-order chi connectivity index (χ0) is 13.7. The molecule has 0 aliphatic heterocycles. The molecular weight excluding hydrogens is 240 g/mol. The summed E-state index contributed by atoms with van der Waals surface area (Å²) >= 11 is 0. The second-order valence-corrected chi connectivity index (χ2v) is 4.02. The Morgan fingerprint density at radius 2 is 1.37 bits per heavy atom. The van der Waals surface area contributed by atoms with Crippen LogP contribution in [-0.2, 0) is 0 Å². The Balaban J connectivity index is 2.18. The minimum atomic E-state index is -0.00861. The topological polar surface area (TPSA) is 35.5 Å². The maximum absolute atomic E-state index is 12.2. The lowest BCUT2D eigenvalue weighted by Gasteiger charge is -2.05. The van der Waals surface area contributed by atoms with Crippen molar-refractivity contribution in [3.05, 3.63) is 59.7 Å². The van der Waals surface area contributed by atoms with E-state index in [4.69, 9.17) is 9.47 Å². The van der Waals surface area contributed by atoms with Crippen LogP contribution in [0.5, 0.6) is 11.5 Å². The predicted octanol–water partition coefficient (Wildman–Crippen LogP) is 3.32. The summed E-state index contributed by atoms with van der Waals surface area (Å²) in [7, 11) is 1.60. The van der Waals surface area contributed by atoms with Crippen molar-refractivity contribution in [1.82, 2.24) is 0 Å². The first kappa shape index (κ1) is 13.1. The number of ketones is 1. The monoisotopic (exact) mass is 256 g/mol. The highest BCUT2D eigenvalue weighted by molar-refractivity contribution is 6.09. The van der Waals surface area contributed by atoms with Crippen LogP contribution in [0.25, 0.3) is 0 Å². The van der Waals surface area contributed by atoms with Gasteiger partial charge in [0.1, 0.15) is 11.5 Å². The fourth-order valence-corrected chi connectivity index (χ4v) is 1.78. The summed E-state index contributed by atoms with van der Waals surface area (Å²) in [6, 6.07) is 14.2. The van der Waals surface area contributed by atoms with E-state index in [0.717, 1.165) is 11.5 Å². The Morgan fingerprint density at radius 3 is 1.79 bits per heavy atom. The Hall–Kier alpha value is -2.29. The Kier molecular flexibility index (Phi) is 4.18. The SMILES string of the molecule is CCOc1ccc(C(=O)c2ccc(OC)cc2)cc1. The molecule has 2 aromatic rings. The normalized spacial score (nSPS) is 10.0. The Labute approximate surface area is 112 Å². The van der Waals surface area contributed by atoms with Gasteiger partial charge in [-0.15, -0.1) is 0 Å². The molecule has 0 aliphatic carbocycles. The molecule has 0 saturated carbocycles. The van der Waals surface area contributed by atoms with E-state index in [-0.39, 0.29) is 5.78 Å². The van der Waals surface area contributed by atoms with E-state index in [0.29, 0.717) is 17.7 Å². The number of rotatable bonds is 5. The van der Waals surface area contributed by atoms with Crippen molar-refractivity contribution in [2.75, 3.05) is 13.7 Å². The van der Waals surface area contributed by atoms with Crippen LogP contribution in [0.2, 0.25) is 0 Å². The second kappa shape index (κ2) is 6.05. The lowest BCUT2D eigenvalue weighted by atomic mass is 10.0. The highest BCUT2D eigenvalue weighted by Crippen LogP contribution is 2.17. The maximum Gasteiger partial charge on any atom is 0.193 e. The van der Waals surface area contributed by atoms with Crippen LogP contribution < -0.4 is 9.47 Å². The van der Waals surface area contributed by atoms with E-state index in [1.807, 2.05) is 6.92 Å². The van der Waals surface area contributed by atoms with Crippen LogP contribution in [0.15, 0.2) is 48.5 Å². The van der Waals surface area contributed by atoms with Crippen molar-refractivity contribution >= 4 is 5.78 Å². The van der Waals surface area contributed by atoms with Crippen LogP contribution >= 0.6 is 0 Å². The fourth-order valence-electron chi connectivity index (χ4n) is 1.78. The average Bonchev–Trinajstić information content (AvgIpc) is 2.48. The van der Waals surface area contributed by atoms with Crippen molar-refractivity contribution in [3.63, 3.8) is 0 Å². The van der Waals surface area contributed by atoms with Crippen molar-refractivity contribution < 1.29 is 14.3 Å². The third-order valence-corrected chi connectivity index (χ3v) is 2.78. The minimum Gasteiger partial charge on any atom is -0.497 e. The van der Waals surface area contributed by atoms with Gasteiger partial charge in [0.15, 0.2) is 5.78 Å². The van der Waals surface area contributed by atoms with Crippen molar-refractivity contribution in [3.8, 4) is 11.5 Å². The molecule has 0 radical (unpaired) electrons. The zero-order valence-corrected chi connectivity index (χ0v) is 11.1. The molecule has 0 aliphatic rings. The van der Waals surface area contributed by atoms with E-state index in [2.05, 4.69) is 0 Å². The Morgan fingerprint density at radius 1 is 0.895 bits per heavy atom. The van der Waals surface area contributed by atoms with Gasteiger partial charge in [0, 0.05) is 11.1 Å². The van der Waals surface area contributed by atoms with Gasteiger partial charge in [-0.2, -0.15) is 0 Å². The molecule has 0 bridgehead atoms. The molecule has 2 rings (SSSR count). The van der Waals surface area contributed by atoms with Crippen molar-refractivity contribution in [2.24, 2.45) is 0 Å². The first-order valence-corrected chi connectivity index (χ1v) is 6.16. The molecule has 3 nitrogen and oxygen atoms in total. The van der Waals surface area contributed by atoms with E-state index >= 15 is 0 Å². The summed E-state index contributed by atoms with van der Waals surface area (Å²) in [6.45, 7) is 2.54. The van der Waals surface area contributed by atoms with E-state index in [9.17, 15) is 4.79 Å². The number of ether oxygens (including phenoxy) is 2. The van der Waals surface area contributed by atoms with Gasteiger partial charge in [0.25, 0.3) is 0 Å². The van der Waals surface area contributed by atoms with Gasteiger partial charge in [-0.3, -0.25) is 4.79 Å². The molecule has 0 unspecified atom stereocenters.